The van der Waals surface area contributed by atoms with Crippen molar-refractivity contribution in [1.82, 2.24) is 25.1 Å². The standard InChI is InChI=1S/C20H20FN5O/c21-17-7-5-15(6-8-17)19(14-3-1-2-4-14)25-20(27)16-9-10-23-18(11-16)26-13-22-12-24-26/h5-14,19H,1-4H2,(H,25,27)/t19-/m1/s1. The van der Waals surface area contributed by atoms with E-state index in [0.29, 0.717) is 17.3 Å². The zero-order chi connectivity index (χ0) is 18.6. The van der Waals surface area contributed by atoms with Crippen LogP contribution in [-0.4, -0.2) is 25.7 Å². The minimum atomic E-state index is -0.276. The molecule has 27 heavy (non-hydrogen) atoms. The number of halogens is 1. The van der Waals surface area contributed by atoms with Gasteiger partial charge < -0.3 is 5.32 Å². The molecule has 1 aliphatic rings. The Balaban J connectivity index is 1.58. The van der Waals surface area contributed by atoms with E-state index in [9.17, 15) is 9.18 Å². The maximum Gasteiger partial charge on any atom is 0.251 e. The molecule has 1 N–H and O–H groups in total. The molecule has 2 heterocycles. The molecule has 1 amide bonds. The fraction of sp³-hybridized carbons (Fsp3) is 0.300. The number of hydrogen-bond acceptors (Lipinski definition) is 4. The van der Waals surface area contributed by atoms with Gasteiger partial charge in [-0.25, -0.2) is 19.0 Å². The van der Waals surface area contributed by atoms with E-state index in [1.54, 1.807) is 30.5 Å². The van der Waals surface area contributed by atoms with Crippen LogP contribution in [0, 0.1) is 11.7 Å². The van der Waals surface area contributed by atoms with Gasteiger partial charge in [0.05, 0.1) is 6.04 Å². The zero-order valence-corrected chi connectivity index (χ0v) is 14.8. The monoisotopic (exact) mass is 365 g/mol. The summed E-state index contributed by atoms with van der Waals surface area (Å²) in [6.45, 7) is 0. The molecule has 1 fully saturated rings. The molecule has 0 spiro atoms. The van der Waals surface area contributed by atoms with E-state index in [1.165, 1.54) is 29.5 Å². The summed E-state index contributed by atoms with van der Waals surface area (Å²) >= 11 is 0. The predicted molar refractivity (Wildman–Crippen MR) is 97.7 cm³/mol. The van der Waals surface area contributed by atoms with Gasteiger partial charge in [-0.15, -0.1) is 0 Å². The van der Waals surface area contributed by atoms with Crippen molar-refractivity contribution in [1.29, 1.82) is 0 Å². The Labute approximate surface area is 156 Å². The van der Waals surface area contributed by atoms with Crippen molar-refractivity contribution in [2.24, 2.45) is 5.92 Å². The van der Waals surface area contributed by atoms with Gasteiger partial charge in [0.25, 0.3) is 5.91 Å². The number of pyridine rings is 1. The SMILES string of the molecule is O=C(N[C@@H](c1ccc(F)cc1)C1CCCC1)c1ccnc(-n2cncn2)c1. The number of benzene rings is 1. The van der Waals surface area contributed by atoms with Crippen LogP contribution in [0.5, 0.6) is 0 Å². The molecule has 2 aromatic heterocycles. The van der Waals surface area contributed by atoms with Crippen molar-refractivity contribution in [2.45, 2.75) is 31.7 Å². The van der Waals surface area contributed by atoms with Gasteiger partial charge in [0.15, 0.2) is 5.82 Å². The molecule has 0 saturated heterocycles. The summed E-state index contributed by atoms with van der Waals surface area (Å²) < 4.78 is 14.8. The largest absolute Gasteiger partial charge is 0.345 e. The number of rotatable bonds is 5. The quantitative estimate of drug-likeness (QED) is 0.751. The van der Waals surface area contributed by atoms with E-state index in [4.69, 9.17) is 0 Å². The first-order valence-electron chi connectivity index (χ1n) is 9.08. The fourth-order valence-corrected chi connectivity index (χ4v) is 3.67. The second-order valence-electron chi connectivity index (χ2n) is 6.79. The summed E-state index contributed by atoms with van der Waals surface area (Å²) in [6, 6.07) is 9.62. The molecular weight excluding hydrogens is 345 g/mol. The van der Waals surface area contributed by atoms with E-state index in [1.807, 2.05) is 0 Å². The predicted octanol–water partition coefficient (Wildman–Crippen LogP) is 3.46. The highest BCUT2D eigenvalue weighted by atomic mass is 19.1. The smallest absolute Gasteiger partial charge is 0.251 e. The number of nitrogens with one attached hydrogen (secondary N) is 1. The molecule has 0 bridgehead atoms. The van der Waals surface area contributed by atoms with Crippen LogP contribution in [0.1, 0.15) is 47.6 Å². The number of amides is 1. The summed E-state index contributed by atoms with van der Waals surface area (Å²) in [7, 11) is 0. The highest BCUT2D eigenvalue weighted by molar-refractivity contribution is 5.94. The van der Waals surface area contributed by atoms with Crippen LogP contribution in [0.15, 0.2) is 55.2 Å². The van der Waals surface area contributed by atoms with E-state index in [-0.39, 0.29) is 17.8 Å². The third-order valence-corrected chi connectivity index (χ3v) is 5.05. The Morgan fingerprint density at radius 2 is 1.96 bits per heavy atom. The van der Waals surface area contributed by atoms with E-state index >= 15 is 0 Å². The summed E-state index contributed by atoms with van der Waals surface area (Å²) in [5.74, 6) is 0.428. The highest BCUT2D eigenvalue weighted by Crippen LogP contribution is 2.36. The molecule has 4 rings (SSSR count). The Hall–Kier alpha value is -3.09. The molecule has 0 unspecified atom stereocenters. The number of carbonyl (C=O) groups is 1. The summed E-state index contributed by atoms with van der Waals surface area (Å²) in [5, 5.41) is 7.19. The average molecular weight is 365 g/mol. The zero-order valence-electron chi connectivity index (χ0n) is 14.8. The van der Waals surface area contributed by atoms with Gasteiger partial charge in [-0.2, -0.15) is 5.10 Å². The van der Waals surface area contributed by atoms with Gasteiger partial charge >= 0.3 is 0 Å². The molecule has 7 heteroatoms. The number of nitrogens with zero attached hydrogens (tertiary/aromatic N) is 4. The van der Waals surface area contributed by atoms with Crippen LogP contribution in [0.2, 0.25) is 0 Å². The molecule has 138 valence electrons. The van der Waals surface area contributed by atoms with Gasteiger partial charge in [0, 0.05) is 11.8 Å². The van der Waals surface area contributed by atoms with Crippen molar-refractivity contribution >= 4 is 5.91 Å². The average Bonchev–Trinajstić information content (AvgIpc) is 3.41. The molecule has 0 radical (unpaired) electrons. The second-order valence-corrected chi connectivity index (χ2v) is 6.79. The second kappa shape index (κ2) is 7.65. The maximum atomic E-state index is 13.3. The van der Waals surface area contributed by atoms with Crippen molar-refractivity contribution in [3.63, 3.8) is 0 Å². The minimum Gasteiger partial charge on any atom is -0.345 e. The molecule has 1 aliphatic carbocycles. The lowest BCUT2D eigenvalue weighted by molar-refractivity contribution is 0.0921. The number of hydrogen-bond donors (Lipinski definition) is 1. The number of carbonyl (C=O) groups excluding carboxylic acids is 1. The van der Waals surface area contributed by atoms with E-state index in [2.05, 4.69) is 20.4 Å². The van der Waals surface area contributed by atoms with Crippen molar-refractivity contribution < 1.29 is 9.18 Å². The van der Waals surface area contributed by atoms with Crippen LogP contribution in [-0.2, 0) is 0 Å². The Bertz CT molecular complexity index is 904. The minimum absolute atomic E-state index is 0.136. The first-order chi connectivity index (χ1) is 13.2. The molecule has 1 atom stereocenters. The number of aromatic nitrogens is 4. The normalized spacial score (nSPS) is 15.6. The van der Waals surface area contributed by atoms with Gasteiger partial charge in [-0.3, -0.25) is 4.79 Å². The van der Waals surface area contributed by atoms with E-state index < -0.39 is 0 Å². The lowest BCUT2D eigenvalue weighted by atomic mass is 9.91. The molecule has 0 aliphatic heterocycles. The summed E-state index contributed by atoms with van der Waals surface area (Å²) in [4.78, 5) is 21.0. The summed E-state index contributed by atoms with van der Waals surface area (Å²) in [6.07, 6.45) is 8.96. The first-order valence-corrected chi connectivity index (χ1v) is 9.08. The topological polar surface area (TPSA) is 72.7 Å². The van der Waals surface area contributed by atoms with E-state index in [0.717, 1.165) is 31.2 Å². The van der Waals surface area contributed by atoms with Crippen LogP contribution in [0.25, 0.3) is 5.82 Å². The molecule has 3 aromatic rings. The van der Waals surface area contributed by atoms with Crippen molar-refractivity contribution in [3.8, 4) is 5.82 Å². The van der Waals surface area contributed by atoms with Crippen molar-refractivity contribution in [3.05, 3.63) is 72.2 Å². The lowest BCUT2D eigenvalue weighted by Crippen LogP contribution is -2.32. The Morgan fingerprint density at radius 1 is 1.19 bits per heavy atom. The van der Waals surface area contributed by atoms with Gasteiger partial charge in [0.1, 0.15) is 18.5 Å². The van der Waals surface area contributed by atoms with Crippen molar-refractivity contribution in [2.75, 3.05) is 0 Å². The van der Waals surface area contributed by atoms with Crippen LogP contribution in [0.4, 0.5) is 4.39 Å². The summed E-state index contributed by atoms with van der Waals surface area (Å²) in [5.41, 5.74) is 1.43. The maximum absolute atomic E-state index is 13.3. The molecule has 6 nitrogen and oxygen atoms in total. The highest BCUT2D eigenvalue weighted by Gasteiger charge is 2.28. The van der Waals surface area contributed by atoms with Gasteiger partial charge in [-0.05, 0) is 48.6 Å². The molecular formula is C20H20FN5O. The van der Waals surface area contributed by atoms with Gasteiger partial charge in [0.2, 0.25) is 0 Å². The Morgan fingerprint density at radius 3 is 2.67 bits per heavy atom. The lowest BCUT2D eigenvalue weighted by Gasteiger charge is -2.25. The molecule has 1 saturated carbocycles. The van der Waals surface area contributed by atoms with Crippen LogP contribution < -0.4 is 5.32 Å². The third-order valence-electron chi connectivity index (χ3n) is 5.05. The molecule has 1 aromatic carbocycles. The fourth-order valence-electron chi connectivity index (χ4n) is 3.67. The van der Waals surface area contributed by atoms with Crippen LogP contribution in [0.3, 0.4) is 0 Å². The van der Waals surface area contributed by atoms with Crippen LogP contribution >= 0.6 is 0 Å². The van der Waals surface area contributed by atoms with Gasteiger partial charge in [-0.1, -0.05) is 25.0 Å². The Kier molecular flexibility index (Phi) is 4.91. The first kappa shape index (κ1) is 17.3. The third kappa shape index (κ3) is 3.86.